The molecule has 1 aromatic carbocycles. The summed E-state index contributed by atoms with van der Waals surface area (Å²) in [5.41, 5.74) is -0.777. The van der Waals surface area contributed by atoms with Crippen LogP contribution in [0.15, 0.2) is 23.0 Å². The summed E-state index contributed by atoms with van der Waals surface area (Å²) in [6.07, 6.45) is -2.82. The zero-order valence-electron chi connectivity index (χ0n) is 8.35. The van der Waals surface area contributed by atoms with Crippen LogP contribution < -0.4 is 5.43 Å². The summed E-state index contributed by atoms with van der Waals surface area (Å²) >= 11 is 0. The van der Waals surface area contributed by atoms with Gasteiger partial charge in [-0.05, 0) is 24.6 Å². The number of aromatic amines is 1. The number of H-pyrrole nitrogens is 1. The average Bonchev–Trinajstić information content (AvgIpc) is 2.19. The Hall–Kier alpha value is -1.78. The molecule has 0 atom stereocenters. The maximum absolute atomic E-state index is 13.5. The highest BCUT2D eigenvalue weighted by Crippen LogP contribution is 2.20. The number of hydrogen-bond donors (Lipinski definition) is 1. The molecule has 5 heteroatoms. The maximum Gasteiger partial charge on any atom is 0.278 e. The van der Waals surface area contributed by atoms with Crippen molar-refractivity contribution in [1.29, 1.82) is 0 Å². The van der Waals surface area contributed by atoms with Crippen LogP contribution in [-0.4, -0.2) is 4.98 Å². The molecule has 0 bridgehead atoms. The molecule has 0 spiro atoms. The van der Waals surface area contributed by atoms with E-state index in [0.717, 1.165) is 6.07 Å². The number of fused-ring (bicyclic) bond motifs is 1. The molecule has 0 radical (unpaired) electrons. The van der Waals surface area contributed by atoms with Gasteiger partial charge in [0.25, 0.3) is 6.43 Å². The fourth-order valence-electron chi connectivity index (χ4n) is 1.58. The molecule has 16 heavy (non-hydrogen) atoms. The van der Waals surface area contributed by atoms with Gasteiger partial charge in [0.05, 0.1) is 11.2 Å². The van der Waals surface area contributed by atoms with Crippen LogP contribution in [0.2, 0.25) is 0 Å². The third-order valence-corrected chi connectivity index (χ3v) is 2.29. The van der Waals surface area contributed by atoms with E-state index in [1.807, 2.05) is 0 Å². The number of halogens is 3. The monoisotopic (exact) mass is 227 g/mol. The van der Waals surface area contributed by atoms with E-state index >= 15 is 0 Å². The number of benzene rings is 1. The lowest BCUT2D eigenvalue weighted by Gasteiger charge is -2.05. The molecule has 2 aromatic rings. The van der Waals surface area contributed by atoms with E-state index in [-0.39, 0.29) is 10.9 Å². The van der Waals surface area contributed by atoms with Crippen molar-refractivity contribution in [3.05, 3.63) is 45.5 Å². The Morgan fingerprint density at radius 3 is 2.56 bits per heavy atom. The van der Waals surface area contributed by atoms with E-state index in [1.54, 1.807) is 6.92 Å². The largest absolute Gasteiger partial charge is 0.351 e. The molecule has 0 saturated carbocycles. The van der Waals surface area contributed by atoms with Crippen molar-refractivity contribution in [2.45, 2.75) is 13.3 Å². The number of alkyl halides is 2. The SMILES string of the molecule is Cc1cc(F)c2[nH]c(C(F)F)cc(=O)c2c1. The number of pyridine rings is 1. The smallest absolute Gasteiger partial charge is 0.278 e. The van der Waals surface area contributed by atoms with Crippen molar-refractivity contribution in [2.24, 2.45) is 0 Å². The van der Waals surface area contributed by atoms with Crippen molar-refractivity contribution in [1.82, 2.24) is 4.98 Å². The molecule has 84 valence electrons. The zero-order valence-corrected chi connectivity index (χ0v) is 8.35. The summed E-state index contributed by atoms with van der Waals surface area (Å²) in [4.78, 5) is 13.7. The summed E-state index contributed by atoms with van der Waals surface area (Å²) in [5.74, 6) is -0.699. The Morgan fingerprint density at radius 1 is 1.25 bits per heavy atom. The Morgan fingerprint density at radius 2 is 1.94 bits per heavy atom. The van der Waals surface area contributed by atoms with Gasteiger partial charge in [-0.2, -0.15) is 0 Å². The van der Waals surface area contributed by atoms with E-state index in [2.05, 4.69) is 4.98 Å². The van der Waals surface area contributed by atoms with Gasteiger partial charge in [-0.25, -0.2) is 13.2 Å². The molecule has 2 rings (SSSR count). The van der Waals surface area contributed by atoms with Crippen molar-refractivity contribution in [3.63, 3.8) is 0 Å². The third kappa shape index (κ3) is 1.68. The summed E-state index contributed by atoms with van der Waals surface area (Å²) in [5, 5.41) is 0.0851. The lowest BCUT2D eigenvalue weighted by molar-refractivity contribution is 0.146. The highest BCUT2D eigenvalue weighted by molar-refractivity contribution is 5.79. The molecule has 0 amide bonds. The van der Waals surface area contributed by atoms with Crippen LogP contribution in [0.25, 0.3) is 10.9 Å². The first kappa shape index (κ1) is 10.7. The minimum atomic E-state index is -2.82. The zero-order chi connectivity index (χ0) is 11.9. The summed E-state index contributed by atoms with van der Waals surface area (Å²) < 4.78 is 38.2. The predicted octanol–water partition coefficient (Wildman–Crippen LogP) is 2.91. The van der Waals surface area contributed by atoms with Crippen LogP contribution in [0, 0.1) is 12.7 Å². The standard InChI is InChI=1S/C11H8F3NO/c1-5-2-6-9(16)4-8(11(13)14)15-10(6)7(12)3-5/h2-4,11H,1H3,(H,15,16). The van der Waals surface area contributed by atoms with Gasteiger partial charge in [-0.1, -0.05) is 0 Å². The number of hydrogen-bond acceptors (Lipinski definition) is 1. The fourth-order valence-corrected chi connectivity index (χ4v) is 1.58. The second-order valence-electron chi connectivity index (χ2n) is 3.56. The molecule has 1 N–H and O–H groups in total. The molecule has 0 aliphatic rings. The number of rotatable bonds is 1. The Bertz CT molecular complexity index is 604. The molecular formula is C11H8F3NO. The molecule has 0 aliphatic carbocycles. The molecular weight excluding hydrogens is 219 g/mol. The van der Waals surface area contributed by atoms with Crippen LogP contribution in [0.3, 0.4) is 0 Å². The van der Waals surface area contributed by atoms with E-state index in [4.69, 9.17) is 0 Å². The van der Waals surface area contributed by atoms with Gasteiger partial charge in [0.15, 0.2) is 5.43 Å². The predicted molar refractivity (Wildman–Crippen MR) is 54.2 cm³/mol. The Labute approximate surface area is 88.7 Å². The van der Waals surface area contributed by atoms with Crippen LogP contribution in [-0.2, 0) is 0 Å². The van der Waals surface area contributed by atoms with Gasteiger partial charge in [-0.15, -0.1) is 0 Å². The molecule has 0 saturated heterocycles. The number of nitrogens with one attached hydrogen (secondary N) is 1. The van der Waals surface area contributed by atoms with Crippen LogP contribution in [0.5, 0.6) is 0 Å². The topological polar surface area (TPSA) is 32.9 Å². The highest BCUT2D eigenvalue weighted by atomic mass is 19.3. The van der Waals surface area contributed by atoms with E-state index in [9.17, 15) is 18.0 Å². The molecule has 1 heterocycles. The Balaban J connectivity index is 2.87. The van der Waals surface area contributed by atoms with E-state index in [1.165, 1.54) is 12.1 Å². The minimum Gasteiger partial charge on any atom is -0.351 e. The second-order valence-corrected chi connectivity index (χ2v) is 3.56. The average molecular weight is 227 g/mol. The van der Waals surface area contributed by atoms with Crippen LogP contribution in [0.4, 0.5) is 13.2 Å². The summed E-state index contributed by atoms with van der Waals surface area (Å²) in [7, 11) is 0. The first-order chi connectivity index (χ1) is 7.49. The first-order valence-corrected chi connectivity index (χ1v) is 4.60. The van der Waals surface area contributed by atoms with Gasteiger partial charge in [0.2, 0.25) is 0 Å². The lowest BCUT2D eigenvalue weighted by atomic mass is 10.1. The lowest BCUT2D eigenvalue weighted by Crippen LogP contribution is -2.07. The fraction of sp³-hybridized carbons (Fsp3) is 0.182. The summed E-state index contributed by atoms with van der Waals surface area (Å²) in [6, 6.07) is 3.45. The quantitative estimate of drug-likeness (QED) is 0.798. The summed E-state index contributed by atoms with van der Waals surface area (Å²) in [6.45, 7) is 1.63. The van der Waals surface area contributed by atoms with Gasteiger partial charge in [0.1, 0.15) is 5.82 Å². The molecule has 0 aliphatic heterocycles. The molecule has 1 aromatic heterocycles. The number of aromatic nitrogens is 1. The molecule has 0 unspecified atom stereocenters. The first-order valence-electron chi connectivity index (χ1n) is 4.60. The van der Waals surface area contributed by atoms with E-state index in [0.29, 0.717) is 5.56 Å². The van der Waals surface area contributed by atoms with Crippen molar-refractivity contribution >= 4 is 10.9 Å². The van der Waals surface area contributed by atoms with Crippen molar-refractivity contribution in [3.8, 4) is 0 Å². The molecule has 0 fully saturated rings. The van der Waals surface area contributed by atoms with Gasteiger partial charge < -0.3 is 4.98 Å². The third-order valence-electron chi connectivity index (χ3n) is 2.29. The maximum atomic E-state index is 13.5. The van der Waals surface area contributed by atoms with E-state index < -0.39 is 23.4 Å². The van der Waals surface area contributed by atoms with Crippen LogP contribution in [0.1, 0.15) is 17.7 Å². The van der Waals surface area contributed by atoms with Crippen molar-refractivity contribution in [2.75, 3.05) is 0 Å². The number of aryl methyl sites for hydroxylation is 1. The van der Waals surface area contributed by atoms with Gasteiger partial charge >= 0.3 is 0 Å². The minimum absolute atomic E-state index is 0.0851. The normalized spacial score (nSPS) is 11.3. The second kappa shape index (κ2) is 3.66. The van der Waals surface area contributed by atoms with Gasteiger partial charge in [0, 0.05) is 11.5 Å². The Kier molecular flexibility index (Phi) is 2.46. The van der Waals surface area contributed by atoms with Gasteiger partial charge in [-0.3, -0.25) is 4.79 Å². The highest BCUT2D eigenvalue weighted by Gasteiger charge is 2.13. The van der Waals surface area contributed by atoms with Crippen LogP contribution >= 0.6 is 0 Å². The van der Waals surface area contributed by atoms with Crippen molar-refractivity contribution < 1.29 is 13.2 Å². The molecule has 2 nitrogen and oxygen atoms in total.